The monoisotopic (exact) mass is 252 g/mol. The largest absolute Gasteiger partial charge is 0.394 e. The average Bonchev–Trinajstić information content (AvgIpc) is 2.69. The Morgan fingerprint density at radius 2 is 2.39 bits per heavy atom. The molecule has 98 valence electrons. The predicted molar refractivity (Wildman–Crippen MR) is 67.3 cm³/mol. The zero-order chi connectivity index (χ0) is 13.3. The Morgan fingerprint density at radius 1 is 1.67 bits per heavy atom. The highest BCUT2D eigenvalue weighted by molar-refractivity contribution is 5.55. The third-order valence-electron chi connectivity index (χ3n) is 3.39. The summed E-state index contributed by atoms with van der Waals surface area (Å²) in [6.45, 7) is 2.77. The summed E-state index contributed by atoms with van der Waals surface area (Å²) in [5.74, 6) is 0.915. The van der Waals surface area contributed by atoms with Crippen LogP contribution in [0.25, 0.3) is 0 Å². The molecule has 1 aromatic heterocycles. The summed E-state index contributed by atoms with van der Waals surface area (Å²) in [7, 11) is 0. The molecule has 0 bridgehead atoms. The number of nitrogens with zero attached hydrogens (tertiary/aromatic N) is 3. The second-order valence-corrected chi connectivity index (χ2v) is 4.57. The highest BCUT2D eigenvalue weighted by atomic mass is 16.6. The van der Waals surface area contributed by atoms with Gasteiger partial charge in [0.15, 0.2) is 0 Å². The van der Waals surface area contributed by atoms with E-state index in [0.717, 1.165) is 13.0 Å². The number of pyridine rings is 1. The maximum absolute atomic E-state index is 10.8. The number of nitrogens with two attached hydrogens (primary N) is 1. The maximum Gasteiger partial charge on any atom is 0.276 e. The topological polar surface area (TPSA) is 106 Å². The van der Waals surface area contributed by atoms with E-state index in [1.807, 2.05) is 11.8 Å². The Hall–Kier alpha value is -1.89. The molecule has 0 amide bonds. The van der Waals surface area contributed by atoms with Gasteiger partial charge in [-0.3, -0.25) is 10.1 Å². The van der Waals surface area contributed by atoms with Crippen molar-refractivity contribution in [3.63, 3.8) is 0 Å². The van der Waals surface area contributed by atoms with Crippen LogP contribution in [-0.4, -0.2) is 34.2 Å². The summed E-state index contributed by atoms with van der Waals surface area (Å²) in [6.07, 6.45) is 0.926. The Labute approximate surface area is 104 Å². The number of anilines is 2. The molecule has 1 aliphatic heterocycles. The molecule has 3 N–H and O–H groups in total. The van der Waals surface area contributed by atoms with Crippen molar-refractivity contribution in [2.24, 2.45) is 5.92 Å². The number of hydrogen-bond acceptors (Lipinski definition) is 6. The molecule has 1 aliphatic rings. The summed E-state index contributed by atoms with van der Waals surface area (Å²) < 4.78 is 0. The van der Waals surface area contributed by atoms with Crippen LogP contribution in [0.2, 0.25) is 0 Å². The highest BCUT2D eigenvalue weighted by Crippen LogP contribution is 2.30. The summed E-state index contributed by atoms with van der Waals surface area (Å²) in [6, 6.07) is 2.58. The first-order valence-electron chi connectivity index (χ1n) is 5.82. The number of nitrogen functional groups attached to an aromatic ring is 1. The molecule has 1 fully saturated rings. The lowest BCUT2D eigenvalue weighted by Crippen LogP contribution is -2.35. The van der Waals surface area contributed by atoms with Gasteiger partial charge in [0.25, 0.3) is 5.69 Å². The van der Waals surface area contributed by atoms with E-state index in [0.29, 0.717) is 11.7 Å². The van der Waals surface area contributed by atoms with E-state index in [4.69, 9.17) is 5.73 Å². The molecule has 0 aromatic carbocycles. The first kappa shape index (κ1) is 12.6. The normalized spacial score (nSPS) is 23.3. The van der Waals surface area contributed by atoms with Gasteiger partial charge in [0.05, 0.1) is 29.7 Å². The smallest absolute Gasteiger partial charge is 0.276 e. The van der Waals surface area contributed by atoms with Gasteiger partial charge in [0.1, 0.15) is 11.6 Å². The molecule has 7 nitrogen and oxygen atoms in total. The predicted octanol–water partition coefficient (Wildman–Crippen LogP) is 0.779. The maximum atomic E-state index is 10.8. The second kappa shape index (κ2) is 4.77. The number of aliphatic hydroxyl groups is 1. The number of aromatic nitrogens is 1. The van der Waals surface area contributed by atoms with E-state index in [1.54, 1.807) is 0 Å². The third-order valence-corrected chi connectivity index (χ3v) is 3.39. The van der Waals surface area contributed by atoms with E-state index in [1.165, 1.54) is 12.1 Å². The molecular weight excluding hydrogens is 236 g/mol. The van der Waals surface area contributed by atoms with Crippen molar-refractivity contribution in [2.75, 3.05) is 23.8 Å². The first-order chi connectivity index (χ1) is 8.52. The first-order valence-corrected chi connectivity index (χ1v) is 5.82. The summed E-state index contributed by atoms with van der Waals surface area (Å²) in [4.78, 5) is 16.3. The molecule has 7 heteroatoms. The van der Waals surface area contributed by atoms with Crippen LogP contribution >= 0.6 is 0 Å². The molecule has 2 rings (SSSR count). The summed E-state index contributed by atoms with van der Waals surface area (Å²) in [5, 5.41) is 20.2. The van der Waals surface area contributed by atoms with Crippen molar-refractivity contribution in [1.29, 1.82) is 0 Å². The molecule has 1 saturated heterocycles. The van der Waals surface area contributed by atoms with E-state index in [2.05, 4.69) is 4.98 Å². The molecule has 0 radical (unpaired) electrons. The number of nitro groups is 1. The molecule has 2 atom stereocenters. The Balaban J connectivity index is 2.36. The van der Waals surface area contributed by atoms with E-state index in [9.17, 15) is 15.2 Å². The van der Waals surface area contributed by atoms with E-state index < -0.39 is 4.92 Å². The van der Waals surface area contributed by atoms with Crippen LogP contribution in [0.1, 0.15) is 13.3 Å². The fourth-order valence-electron chi connectivity index (χ4n) is 2.35. The Kier molecular flexibility index (Phi) is 3.33. The number of aliphatic hydroxyl groups excluding tert-OH is 1. The number of rotatable bonds is 3. The fourth-order valence-corrected chi connectivity index (χ4v) is 2.35. The SMILES string of the molecule is CC1CCN(c2cc([N+](=O)[O-])cc(N)n2)C1CO. The second-order valence-electron chi connectivity index (χ2n) is 4.57. The minimum atomic E-state index is -0.491. The van der Waals surface area contributed by atoms with Gasteiger partial charge in [-0.25, -0.2) is 4.98 Å². The van der Waals surface area contributed by atoms with Gasteiger partial charge < -0.3 is 15.7 Å². The zero-order valence-corrected chi connectivity index (χ0v) is 10.1. The van der Waals surface area contributed by atoms with E-state index >= 15 is 0 Å². The molecule has 2 unspecified atom stereocenters. The van der Waals surface area contributed by atoms with Gasteiger partial charge in [-0.2, -0.15) is 0 Å². The lowest BCUT2D eigenvalue weighted by atomic mass is 10.0. The van der Waals surface area contributed by atoms with Crippen LogP contribution < -0.4 is 10.6 Å². The van der Waals surface area contributed by atoms with Gasteiger partial charge >= 0.3 is 0 Å². The average molecular weight is 252 g/mol. The molecule has 0 spiro atoms. The van der Waals surface area contributed by atoms with Gasteiger partial charge in [-0.1, -0.05) is 6.92 Å². The van der Waals surface area contributed by atoms with Crippen molar-refractivity contribution in [1.82, 2.24) is 4.98 Å². The lowest BCUT2D eigenvalue weighted by Gasteiger charge is -2.26. The van der Waals surface area contributed by atoms with Crippen LogP contribution in [-0.2, 0) is 0 Å². The van der Waals surface area contributed by atoms with E-state index in [-0.39, 0.29) is 24.2 Å². The van der Waals surface area contributed by atoms with Crippen molar-refractivity contribution in [2.45, 2.75) is 19.4 Å². The number of hydrogen-bond donors (Lipinski definition) is 2. The molecule has 1 aromatic rings. The van der Waals surface area contributed by atoms with Gasteiger partial charge in [-0.15, -0.1) is 0 Å². The molecule has 2 heterocycles. The Morgan fingerprint density at radius 3 is 3.00 bits per heavy atom. The quantitative estimate of drug-likeness (QED) is 0.608. The molecular formula is C11H16N4O3. The van der Waals surface area contributed by atoms with Crippen LogP contribution in [0.5, 0.6) is 0 Å². The molecule has 18 heavy (non-hydrogen) atoms. The van der Waals surface area contributed by atoms with Crippen molar-refractivity contribution in [3.8, 4) is 0 Å². The standard InChI is InChI=1S/C11H16N4O3/c1-7-2-3-14(9(7)6-16)11-5-8(15(17)18)4-10(12)13-11/h4-5,7,9,16H,2-3,6H2,1H3,(H2,12,13). The highest BCUT2D eigenvalue weighted by Gasteiger charge is 2.32. The zero-order valence-electron chi connectivity index (χ0n) is 10.1. The van der Waals surface area contributed by atoms with Gasteiger partial charge in [0.2, 0.25) is 0 Å². The summed E-state index contributed by atoms with van der Waals surface area (Å²) >= 11 is 0. The van der Waals surface area contributed by atoms with Crippen LogP contribution in [0.4, 0.5) is 17.3 Å². The minimum Gasteiger partial charge on any atom is -0.394 e. The molecule has 0 saturated carbocycles. The van der Waals surface area contributed by atoms with Crippen molar-refractivity contribution >= 4 is 17.3 Å². The minimum absolute atomic E-state index is 0.00540. The summed E-state index contributed by atoms with van der Waals surface area (Å²) in [5.41, 5.74) is 5.51. The Bertz CT molecular complexity index is 466. The van der Waals surface area contributed by atoms with Crippen molar-refractivity contribution in [3.05, 3.63) is 22.2 Å². The third kappa shape index (κ3) is 2.21. The van der Waals surface area contributed by atoms with Crippen LogP contribution in [0.3, 0.4) is 0 Å². The fraction of sp³-hybridized carbons (Fsp3) is 0.545. The molecule has 0 aliphatic carbocycles. The van der Waals surface area contributed by atoms with Crippen LogP contribution in [0, 0.1) is 16.0 Å². The lowest BCUT2D eigenvalue weighted by molar-refractivity contribution is -0.384. The van der Waals surface area contributed by atoms with Crippen molar-refractivity contribution < 1.29 is 10.0 Å². The van der Waals surface area contributed by atoms with Gasteiger partial charge in [-0.05, 0) is 12.3 Å². The van der Waals surface area contributed by atoms with Gasteiger partial charge in [0, 0.05) is 6.54 Å². The van der Waals surface area contributed by atoms with Crippen LogP contribution in [0.15, 0.2) is 12.1 Å².